The molecular formula is C6H2Cl6F6. The first kappa shape index (κ1) is 19.3. The summed E-state index contributed by atoms with van der Waals surface area (Å²) < 4.78 is 74.4. The summed E-state index contributed by atoms with van der Waals surface area (Å²) in [5.74, 6) is 0. The summed E-state index contributed by atoms with van der Waals surface area (Å²) in [5.41, 5.74) is -3.46. The number of halogens is 12. The third kappa shape index (κ3) is 3.31. The third-order valence-electron chi connectivity index (χ3n) is 1.81. The maximum absolute atomic E-state index is 13.6. The van der Waals surface area contributed by atoms with Crippen LogP contribution < -0.4 is 0 Å². The molecular weight excluding hydrogens is 399 g/mol. The largest absolute Gasteiger partial charge is 0.348 e. The maximum Gasteiger partial charge on any atom is 0.348 e. The predicted octanol–water partition coefficient (Wildman–Crippen LogP) is 5.67. The summed E-state index contributed by atoms with van der Waals surface area (Å²) in [6.45, 7) is 0. The average molecular weight is 401 g/mol. The lowest BCUT2D eigenvalue weighted by atomic mass is 9.97. The van der Waals surface area contributed by atoms with Gasteiger partial charge in [0.1, 0.15) is 0 Å². The Hall–Kier alpha value is 1.32. The summed E-state index contributed by atoms with van der Waals surface area (Å²) in [6.07, 6.45) is -3.91. The zero-order valence-corrected chi connectivity index (χ0v) is 12.2. The van der Waals surface area contributed by atoms with E-state index >= 15 is 0 Å². The van der Waals surface area contributed by atoms with Gasteiger partial charge >= 0.3 is 5.38 Å². The molecule has 0 aliphatic rings. The van der Waals surface area contributed by atoms with Gasteiger partial charge in [-0.2, -0.15) is 8.78 Å². The Bertz CT molecular complexity index is 298. The van der Waals surface area contributed by atoms with E-state index in [1.807, 2.05) is 0 Å². The van der Waals surface area contributed by atoms with Crippen LogP contribution in [0.4, 0.5) is 26.3 Å². The van der Waals surface area contributed by atoms with Gasteiger partial charge in [-0.3, -0.25) is 0 Å². The van der Waals surface area contributed by atoms with Crippen LogP contribution in [0.1, 0.15) is 0 Å². The van der Waals surface area contributed by atoms with Crippen molar-refractivity contribution in [2.75, 3.05) is 0 Å². The van der Waals surface area contributed by atoms with E-state index in [9.17, 15) is 26.3 Å². The van der Waals surface area contributed by atoms with E-state index in [1.54, 1.807) is 0 Å². The molecule has 0 nitrogen and oxygen atoms in total. The summed E-state index contributed by atoms with van der Waals surface area (Å²) in [7, 11) is 0. The average Bonchev–Trinajstić information content (AvgIpc) is 2.11. The summed E-state index contributed by atoms with van der Waals surface area (Å²) in [6, 6.07) is 0. The highest BCUT2D eigenvalue weighted by molar-refractivity contribution is 6.49. The van der Waals surface area contributed by atoms with E-state index in [2.05, 4.69) is 58.0 Å². The fourth-order valence-electron chi connectivity index (χ4n) is 0.886. The van der Waals surface area contributed by atoms with E-state index in [0.29, 0.717) is 0 Å². The fourth-order valence-corrected chi connectivity index (χ4v) is 2.30. The molecule has 0 N–H and O–H groups in total. The molecule has 0 saturated carbocycles. The normalized spacial score (nSPS) is 24.0. The van der Waals surface area contributed by atoms with Gasteiger partial charge in [-0.05, 0) is 11.6 Å². The maximum atomic E-state index is 13.6. The quantitative estimate of drug-likeness (QED) is 0.412. The van der Waals surface area contributed by atoms with Crippen LogP contribution in [0.3, 0.4) is 0 Å². The van der Waals surface area contributed by atoms with Crippen LogP contribution in [0, 0.1) is 0 Å². The van der Waals surface area contributed by atoms with Crippen molar-refractivity contribution in [3.8, 4) is 0 Å². The number of hydrogen-bond acceptors (Lipinski definition) is 0. The molecule has 4 atom stereocenters. The molecule has 18 heavy (non-hydrogen) atoms. The Balaban J connectivity index is 5.93. The second-order valence-electron chi connectivity index (χ2n) is 3.04. The first-order chi connectivity index (χ1) is 7.60. The van der Waals surface area contributed by atoms with Crippen LogP contribution in [-0.2, 0) is 0 Å². The predicted molar refractivity (Wildman–Crippen MR) is 60.3 cm³/mol. The molecule has 0 aromatic heterocycles. The Morgan fingerprint density at radius 1 is 0.778 bits per heavy atom. The molecule has 4 unspecified atom stereocenters. The smallest absolute Gasteiger partial charge is 0.239 e. The first-order valence-electron chi connectivity index (χ1n) is 3.72. The lowest BCUT2D eigenvalue weighted by molar-refractivity contribution is -0.0694. The van der Waals surface area contributed by atoms with Crippen molar-refractivity contribution < 1.29 is 26.3 Å². The van der Waals surface area contributed by atoms with Crippen LogP contribution >= 0.6 is 69.6 Å². The van der Waals surface area contributed by atoms with Crippen molar-refractivity contribution in [3.05, 3.63) is 0 Å². The molecule has 0 aliphatic heterocycles. The van der Waals surface area contributed by atoms with Crippen molar-refractivity contribution >= 4 is 69.6 Å². The fraction of sp³-hybridized carbons (Fsp3) is 1.00. The molecule has 0 aliphatic carbocycles. The van der Waals surface area contributed by atoms with Crippen molar-refractivity contribution in [2.45, 2.75) is 31.8 Å². The van der Waals surface area contributed by atoms with Crippen LogP contribution in [0.15, 0.2) is 0 Å². The van der Waals surface area contributed by atoms with E-state index in [-0.39, 0.29) is 0 Å². The van der Waals surface area contributed by atoms with E-state index in [4.69, 9.17) is 11.6 Å². The Kier molecular flexibility index (Phi) is 6.01. The van der Waals surface area contributed by atoms with E-state index in [1.165, 1.54) is 0 Å². The van der Waals surface area contributed by atoms with Crippen molar-refractivity contribution in [2.24, 2.45) is 0 Å². The van der Waals surface area contributed by atoms with Crippen LogP contribution in [-0.4, -0.2) is 31.8 Å². The van der Waals surface area contributed by atoms with Gasteiger partial charge in [0.2, 0.25) is 10.5 Å². The van der Waals surface area contributed by atoms with Gasteiger partial charge in [-0.15, -0.1) is 11.6 Å². The number of alkyl halides is 12. The van der Waals surface area contributed by atoms with Crippen molar-refractivity contribution in [3.63, 3.8) is 0 Å². The van der Waals surface area contributed by atoms with Gasteiger partial charge in [0.25, 0.3) is 9.72 Å². The number of rotatable bonds is 5. The third-order valence-corrected chi connectivity index (χ3v) is 4.29. The molecule has 0 radical (unpaired) electrons. The summed E-state index contributed by atoms with van der Waals surface area (Å²) >= 11 is 27.5. The minimum absolute atomic E-state index is 3.46. The van der Waals surface area contributed by atoms with Crippen LogP contribution in [0.5, 0.6) is 0 Å². The van der Waals surface area contributed by atoms with Crippen molar-refractivity contribution in [1.29, 1.82) is 0 Å². The molecule has 0 rings (SSSR count). The van der Waals surface area contributed by atoms with Gasteiger partial charge < -0.3 is 0 Å². The van der Waals surface area contributed by atoms with Crippen molar-refractivity contribution in [1.82, 2.24) is 0 Å². The minimum Gasteiger partial charge on any atom is -0.239 e. The van der Waals surface area contributed by atoms with Crippen LogP contribution in [0.25, 0.3) is 0 Å². The van der Waals surface area contributed by atoms with E-state index < -0.39 is 31.8 Å². The Morgan fingerprint density at radius 3 is 1.28 bits per heavy atom. The van der Waals surface area contributed by atoms with Gasteiger partial charge in [-0.1, -0.05) is 46.4 Å². The molecule has 0 amide bonds. The molecule has 0 spiro atoms. The lowest BCUT2D eigenvalue weighted by Crippen LogP contribution is -2.65. The summed E-state index contributed by atoms with van der Waals surface area (Å²) in [4.78, 5) is -4.51. The SMILES string of the molecule is FC(Cl)C(F)(Cl)C(Cl)(C(F)C(F)(Cl)Cl)C(F)(F)Cl. The molecule has 0 fully saturated rings. The van der Waals surface area contributed by atoms with Gasteiger partial charge in [0.15, 0.2) is 6.17 Å². The highest BCUT2D eigenvalue weighted by Crippen LogP contribution is 2.58. The zero-order chi connectivity index (χ0) is 15.2. The molecule has 0 bridgehead atoms. The highest BCUT2D eigenvalue weighted by atomic mass is 35.5. The second-order valence-corrected chi connectivity index (χ2v) is 6.34. The van der Waals surface area contributed by atoms with E-state index in [0.717, 1.165) is 0 Å². The molecule has 0 heterocycles. The number of hydrogen-bond donors (Lipinski definition) is 0. The highest BCUT2D eigenvalue weighted by Gasteiger charge is 2.76. The second kappa shape index (κ2) is 5.60. The lowest BCUT2D eigenvalue weighted by Gasteiger charge is -2.42. The standard InChI is InChI=1S/C6H2Cl6F6/c7-2(14)4(9,15)3(8,6(12,17)18)1(13)5(10,11)16/h1-2H. The topological polar surface area (TPSA) is 0 Å². The zero-order valence-electron chi connectivity index (χ0n) is 7.69. The van der Waals surface area contributed by atoms with Gasteiger partial charge in [0.05, 0.1) is 0 Å². The Morgan fingerprint density at radius 2 is 1.11 bits per heavy atom. The molecule has 0 saturated heterocycles. The Labute approximate surface area is 127 Å². The monoisotopic (exact) mass is 398 g/mol. The van der Waals surface area contributed by atoms with Crippen LogP contribution in [0.2, 0.25) is 0 Å². The first-order valence-corrected chi connectivity index (χ1v) is 6.05. The molecule has 0 aromatic carbocycles. The molecule has 12 heteroatoms. The minimum atomic E-state index is -5.08. The van der Waals surface area contributed by atoms with Gasteiger partial charge in [0, 0.05) is 0 Å². The summed E-state index contributed by atoms with van der Waals surface area (Å²) in [5, 5.41) is -9.59. The molecule has 110 valence electrons. The molecule has 0 aromatic rings. The van der Waals surface area contributed by atoms with Gasteiger partial charge in [-0.25, -0.2) is 17.6 Å².